The first-order valence-electron chi connectivity index (χ1n) is 8.77. The molecule has 25 heavy (non-hydrogen) atoms. The van der Waals surface area contributed by atoms with Gasteiger partial charge in [-0.1, -0.05) is 0 Å². The summed E-state index contributed by atoms with van der Waals surface area (Å²) in [5, 5.41) is 9.77. The van der Waals surface area contributed by atoms with Crippen LogP contribution in [0.5, 0.6) is 5.88 Å². The van der Waals surface area contributed by atoms with Gasteiger partial charge in [0, 0.05) is 19.2 Å². The van der Waals surface area contributed by atoms with E-state index in [1.165, 1.54) is 0 Å². The number of aromatic amines is 1. The second kappa shape index (κ2) is 8.75. The molecule has 0 aromatic carbocycles. The second-order valence-electron chi connectivity index (χ2n) is 6.49. The predicted molar refractivity (Wildman–Crippen MR) is 93.8 cm³/mol. The summed E-state index contributed by atoms with van der Waals surface area (Å²) in [7, 11) is 2.13. The number of piperidine rings is 1. The third-order valence-electron chi connectivity index (χ3n) is 4.36. The van der Waals surface area contributed by atoms with E-state index in [1.54, 1.807) is 18.6 Å². The van der Waals surface area contributed by atoms with Crippen molar-refractivity contribution in [3.05, 3.63) is 24.7 Å². The van der Waals surface area contributed by atoms with Crippen LogP contribution in [0, 0.1) is 0 Å². The molecule has 2 fully saturated rings. The first-order valence-corrected chi connectivity index (χ1v) is 8.77. The van der Waals surface area contributed by atoms with Crippen molar-refractivity contribution in [3.8, 4) is 5.88 Å². The molecule has 2 N–H and O–H groups in total. The summed E-state index contributed by atoms with van der Waals surface area (Å²) in [6.07, 6.45) is 9.57. The van der Waals surface area contributed by atoms with E-state index in [2.05, 4.69) is 37.4 Å². The lowest BCUT2D eigenvalue weighted by atomic mass is 9.98. The van der Waals surface area contributed by atoms with Gasteiger partial charge in [0.15, 0.2) is 5.82 Å². The van der Waals surface area contributed by atoms with Gasteiger partial charge in [-0.25, -0.2) is 4.39 Å². The smallest absolute Gasteiger partial charge is 0.234 e. The molecular weight excluding hydrogens is 323 g/mol. The van der Waals surface area contributed by atoms with Crippen molar-refractivity contribution < 1.29 is 9.13 Å². The van der Waals surface area contributed by atoms with Gasteiger partial charge in [-0.15, -0.1) is 0 Å². The van der Waals surface area contributed by atoms with E-state index in [-0.39, 0.29) is 6.10 Å². The highest BCUT2D eigenvalue weighted by atomic mass is 19.1. The Morgan fingerprint density at radius 3 is 2.60 bits per heavy atom. The highest BCUT2D eigenvalue weighted by Gasteiger charge is 2.18. The average Bonchev–Trinajstić information content (AvgIpc) is 3.09. The van der Waals surface area contributed by atoms with Crippen molar-refractivity contribution in [3.63, 3.8) is 0 Å². The fraction of sp³-hybridized carbons (Fsp3) is 0.588. The Morgan fingerprint density at radius 1 is 1.24 bits per heavy atom. The van der Waals surface area contributed by atoms with Crippen LogP contribution in [0.15, 0.2) is 24.7 Å². The van der Waals surface area contributed by atoms with Gasteiger partial charge in [-0.3, -0.25) is 10.1 Å². The first kappa shape index (κ1) is 17.6. The number of alkyl halides is 1. The van der Waals surface area contributed by atoms with Crippen LogP contribution in [0.3, 0.4) is 0 Å². The molecule has 1 aliphatic carbocycles. The third kappa shape index (κ3) is 5.67. The number of ether oxygens (including phenoxy) is 1. The monoisotopic (exact) mass is 348 g/mol. The highest BCUT2D eigenvalue weighted by molar-refractivity contribution is 5.49. The number of nitrogens with zero attached hydrogens (tertiary/aromatic N) is 4. The summed E-state index contributed by atoms with van der Waals surface area (Å²) in [5.41, 5.74) is 0. The maximum atomic E-state index is 11.5. The fourth-order valence-electron chi connectivity index (χ4n) is 2.56. The molecule has 0 bridgehead atoms. The quantitative estimate of drug-likeness (QED) is 0.884. The molecule has 1 saturated carbocycles. The number of rotatable bonds is 4. The fourth-order valence-corrected chi connectivity index (χ4v) is 2.56. The van der Waals surface area contributed by atoms with Crippen LogP contribution in [0.25, 0.3) is 0 Å². The third-order valence-corrected chi connectivity index (χ3v) is 4.36. The van der Waals surface area contributed by atoms with Gasteiger partial charge in [-0.2, -0.15) is 10.1 Å². The molecule has 2 aliphatic rings. The molecule has 0 unspecified atom stereocenters. The zero-order chi connectivity index (χ0) is 17.5. The minimum absolute atomic E-state index is 0.225. The van der Waals surface area contributed by atoms with Gasteiger partial charge >= 0.3 is 0 Å². The van der Waals surface area contributed by atoms with E-state index in [0.29, 0.717) is 11.7 Å². The van der Waals surface area contributed by atoms with Crippen molar-refractivity contribution in [2.45, 2.75) is 44.4 Å². The summed E-state index contributed by atoms with van der Waals surface area (Å²) in [6, 6.07) is 1.83. The van der Waals surface area contributed by atoms with Crippen LogP contribution in [-0.2, 0) is 0 Å². The first-order chi connectivity index (χ1) is 12.2. The van der Waals surface area contributed by atoms with Crippen molar-refractivity contribution >= 4 is 11.6 Å². The van der Waals surface area contributed by atoms with Gasteiger partial charge < -0.3 is 15.0 Å². The molecule has 0 amide bonds. The standard InChI is InChI=1S/C13H18N6O.C4H7F/c1-19-6-3-10(4-7-19)20-13-9-14-8-12(17-13)16-11-2-5-15-18-11;5-4-2-1-3-4/h2,5,8-10H,3-4,6-7H2,1H3,(H2,15,16,17,18);4H,1-3H2. The second-order valence-corrected chi connectivity index (χ2v) is 6.49. The van der Waals surface area contributed by atoms with E-state index >= 15 is 0 Å². The molecule has 3 heterocycles. The Bertz CT molecular complexity index is 626. The number of H-pyrrole nitrogens is 1. The van der Waals surface area contributed by atoms with Gasteiger partial charge in [-0.05, 0) is 39.2 Å². The highest BCUT2D eigenvalue weighted by Crippen LogP contribution is 2.21. The van der Waals surface area contributed by atoms with Crippen molar-refractivity contribution in [2.24, 2.45) is 0 Å². The average molecular weight is 348 g/mol. The van der Waals surface area contributed by atoms with E-state index in [1.807, 2.05) is 6.07 Å². The van der Waals surface area contributed by atoms with Gasteiger partial charge in [0.05, 0.1) is 18.6 Å². The normalized spacial score (nSPS) is 18.8. The number of hydrogen-bond acceptors (Lipinski definition) is 6. The molecular formula is C17H25FN6O. The molecule has 8 heteroatoms. The maximum absolute atomic E-state index is 11.5. The largest absolute Gasteiger partial charge is 0.473 e. The molecule has 1 saturated heterocycles. The summed E-state index contributed by atoms with van der Waals surface area (Å²) < 4.78 is 17.4. The van der Waals surface area contributed by atoms with Crippen LogP contribution in [0.4, 0.5) is 16.0 Å². The van der Waals surface area contributed by atoms with E-state index in [9.17, 15) is 4.39 Å². The van der Waals surface area contributed by atoms with Crippen molar-refractivity contribution in [1.29, 1.82) is 0 Å². The summed E-state index contributed by atoms with van der Waals surface area (Å²) >= 11 is 0. The molecule has 2 aromatic rings. The number of likely N-dealkylation sites (tertiary alicyclic amines) is 1. The predicted octanol–water partition coefficient (Wildman–Crippen LogP) is 2.92. The molecule has 2 aromatic heterocycles. The van der Waals surface area contributed by atoms with E-state index in [4.69, 9.17) is 4.74 Å². The lowest BCUT2D eigenvalue weighted by Crippen LogP contribution is -2.35. The van der Waals surface area contributed by atoms with Gasteiger partial charge in [0.2, 0.25) is 5.88 Å². The number of anilines is 2. The lowest BCUT2D eigenvalue weighted by Gasteiger charge is -2.28. The zero-order valence-corrected chi connectivity index (χ0v) is 14.5. The Morgan fingerprint density at radius 2 is 2.00 bits per heavy atom. The number of halogens is 1. The number of nitrogens with one attached hydrogen (secondary N) is 2. The minimum Gasteiger partial charge on any atom is -0.473 e. The van der Waals surface area contributed by atoms with Gasteiger partial charge in [0.1, 0.15) is 18.1 Å². The van der Waals surface area contributed by atoms with Gasteiger partial charge in [0.25, 0.3) is 0 Å². The molecule has 1 aliphatic heterocycles. The topological polar surface area (TPSA) is 79.0 Å². The molecule has 7 nitrogen and oxygen atoms in total. The zero-order valence-electron chi connectivity index (χ0n) is 14.5. The van der Waals surface area contributed by atoms with Crippen LogP contribution in [0.2, 0.25) is 0 Å². The van der Waals surface area contributed by atoms with Crippen LogP contribution < -0.4 is 10.1 Å². The van der Waals surface area contributed by atoms with E-state index in [0.717, 1.165) is 51.0 Å². The molecule has 136 valence electrons. The number of hydrogen-bond donors (Lipinski definition) is 2. The Kier molecular flexibility index (Phi) is 6.16. The summed E-state index contributed by atoms with van der Waals surface area (Å²) in [5.74, 6) is 1.97. The molecule has 0 atom stereocenters. The maximum Gasteiger partial charge on any atom is 0.234 e. The lowest BCUT2D eigenvalue weighted by molar-refractivity contribution is 0.110. The molecule has 4 rings (SSSR count). The van der Waals surface area contributed by atoms with Crippen molar-refractivity contribution in [1.82, 2.24) is 25.1 Å². The SMILES string of the molecule is CN1CCC(Oc2cncc(Nc3ccn[nH]3)n2)CC1.FC1CCC1. The van der Waals surface area contributed by atoms with Crippen LogP contribution in [-0.4, -0.2) is 57.5 Å². The summed E-state index contributed by atoms with van der Waals surface area (Å²) in [6.45, 7) is 2.12. The van der Waals surface area contributed by atoms with Crippen LogP contribution >= 0.6 is 0 Å². The molecule has 0 radical (unpaired) electrons. The Hall–Kier alpha value is -2.22. The van der Waals surface area contributed by atoms with E-state index < -0.39 is 6.17 Å². The Balaban J connectivity index is 0.000000314. The summed E-state index contributed by atoms with van der Waals surface area (Å²) in [4.78, 5) is 10.9. The molecule has 0 spiro atoms. The van der Waals surface area contributed by atoms with Crippen molar-refractivity contribution in [2.75, 3.05) is 25.5 Å². The van der Waals surface area contributed by atoms with Crippen LogP contribution in [0.1, 0.15) is 32.1 Å². The Labute approximate surface area is 147 Å². The number of aromatic nitrogens is 4. The minimum atomic E-state index is -0.435.